The zero-order valence-corrected chi connectivity index (χ0v) is 12.5. The van der Waals surface area contributed by atoms with Crippen LogP contribution in [0.1, 0.15) is 26.3 Å². The molecule has 5 heteroatoms. The molecule has 21 heavy (non-hydrogen) atoms. The quantitative estimate of drug-likeness (QED) is 0.667. The SMILES string of the molecule is C/C(=C\C(=O)O)Oc1ccc(C[C@H]2COC(C)(C)O2)cc1. The molecule has 1 aromatic carbocycles. The fourth-order valence-corrected chi connectivity index (χ4v) is 2.21. The Morgan fingerprint density at radius 2 is 2.10 bits per heavy atom. The number of carboxylic acids is 1. The number of benzene rings is 1. The standard InChI is InChI=1S/C16H20O5/c1-11(8-15(17)18)20-13-6-4-12(5-7-13)9-14-10-19-16(2,3)21-14/h4-8,14H,9-10H2,1-3H3,(H,17,18)/b11-8+/t14-/m0/s1. The second kappa shape index (κ2) is 6.28. The summed E-state index contributed by atoms with van der Waals surface area (Å²) in [7, 11) is 0. The highest BCUT2D eigenvalue weighted by molar-refractivity contribution is 5.80. The van der Waals surface area contributed by atoms with Crippen molar-refractivity contribution in [2.75, 3.05) is 6.61 Å². The van der Waals surface area contributed by atoms with Gasteiger partial charge in [-0.25, -0.2) is 4.79 Å². The monoisotopic (exact) mass is 292 g/mol. The molecule has 0 amide bonds. The first kappa shape index (κ1) is 15.5. The molecular weight excluding hydrogens is 272 g/mol. The molecule has 1 heterocycles. The highest BCUT2D eigenvalue weighted by Gasteiger charge is 2.32. The predicted octanol–water partition coefficient (Wildman–Crippen LogP) is 2.75. The van der Waals surface area contributed by atoms with Gasteiger partial charge in [-0.15, -0.1) is 0 Å². The second-order valence-electron chi connectivity index (χ2n) is 5.49. The van der Waals surface area contributed by atoms with Crippen molar-refractivity contribution in [3.8, 4) is 5.75 Å². The van der Waals surface area contributed by atoms with Gasteiger partial charge in [-0.3, -0.25) is 0 Å². The summed E-state index contributed by atoms with van der Waals surface area (Å²) in [4.78, 5) is 10.5. The van der Waals surface area contributed by atoms with Gasteiger partial charge in [0.05, 0.1) is 18.8 Å². The molecule has 0 aliphatic carbocycles. The zero-order valence-electron chi connectivity index (χ0n) is 12.5. The summed E-state index contributed by atoms with van der Waals surface area (Å²) >= 11 is 0. The van der Waals surface area contributed by atoms with Crippen LogP contribution in [-0.2, 0) is 20.7 Å². The fourth-order valence-electron chi connectivity index (χ4n) is 2.21. The lowest BCUT2D eigenvalue weighted by atomic mass is 10.1. The van der Waals surface area contributed by atoms with E-state index in [1.54, 1.807) is 6.92 Å². The number of hydrogen-bond donors (Lipinski definition) is 1. The topological polar surface area (TPSA) is 65.0 Å². The first-order chi connectivity index (χ1) is 9.84. The van der Waals surface area contributed by atoms with Gasteiger partial charge >= 0.3 is 5.97 Å². The first-order valence-electron chi connectivity index (χ1n) is 6.84. The third-order valence-corrected chi connectivity index (χ3v) is 3.06. The molecule has 1 fully saturated rings. The summed E-state index contributed by atoms with van der Waals surface area (Å²) in [6.07, 6.45) is 1.85. The molecule has 0 aromatic heterocycles. The molecule has 2 rings (SSSR count). The number of allylic oxidation sites excluding steroid dienone is 1. The Kier molecular flexibility index (Phi) is 4.65. The van der Waals surface area contributed by atoms with Gasteiger partial charge in [-0.2, -0.15) is 0 Å². The zero-order chi connectivity index (χ0) is 15.5. The van der Waals surface area contributed by atoms with Crippen LogP contribution in [0.4, 0.5) is 0 Å². The van der Waals surface area contributed by atoms with Crippen molar-refractivity contribution in [2.45, 2.75) is 39.1 Å². The highest BCUT2D eigenvalue weighted by Crippen LogP contribution is 2.25. The molecule has 1 aliphatic heterocycles. The van der Waals surface area contributed by atoms with E-state index in [-0.39, 0.29) is 6.10 Å². The van der Waals surface area contributed by atoms with Gasteiger partial charge in [0.15, 0.2) is 5.79 Å². The maximum atomic E-state index is 10.5. The third kappa shape index (κ3) is 4.88. The number of rotatable bonds is 5. The maximum Gasteiger partial charge on any atom is 0.331 e. The molecule has 1 aliphatic rings. The normalized spacial score (nSPS) is 21.3. The smallest absolute Gasteiger partial charge is 0.331 e. The van der Waals surface area contributed by atoms with Crippen molar-refractivity contribution in [2.24, 2.45) is 0 Å². The average Bonchev–Trinajstić information content (AvgIpc) is 2.70. The van der Waals surface area contributed by atoms with E-state index < -0.39 is 11.8 Å². The Bertz CT molecular complexity index is 530. The number of carboxylic acid groups (broad SMARTS) is 1. The van der Waals surface area contributed by atoms with Crippen LogP contribution in [-0.4, -0.2) is 29.6 Å². The third-order valence-electron chi connectivity index (χ3n) is 3.06. The van der Waals surface area contributed by atoms with Crippen molar-refractivity contribution >= 4 is 5.97 Å². The lowest BCUT2D eigenvalue weighted by Crippen LogP contribution is -2.22. The van der Waals surface area contributed by atoms with E-state index in [9.17, 15) is 4.79 Å². The van der Waals surface area contributed by atoms with E-state index in [0.29, 0.717) is 18.1 Å². The van der Waals surface area contributed by atoms with Crippen LogP contribution in [0.25, 0.3) is 0 Å². The molecule has 5 nitrogen and oxygen atoms in total. The van der Waals surface area contributed by atoms with E-state index in [2.05, 4.69) is 0 Å². The van der Waals surface area contributed by atoms with Crippen molar-refractivity contribution in [1.29, 1.82) is 0 Å². The lowest BCUT2D eigenvalue weighted by Gasteiger charge is -2.17. The van der Waals surface area contributed by atoms with Crippen molar-refractivity contribution in [3.05, 3.63) is 41.7 Å². The largest absolute Gasteiger partial charge is 0.478 e. The molecule has 0 radical (unpaired) electrons. The van der Waals surface area contributed by atoms with Crippen LogP contribution in [0.5, 0.6) is 5.75 Å². The fraction of sp³-hybridized carbons (Fsp3) is 0.438. The van der Waals surface area contributed by atoms with Crippen LogP contribution >= 0.6 is 0 Å². The van der Waals surface area contributed by atoms with Crippen molar-refractivity contribution in [1.82, 2.24) is 0 Å². The van der Waals surface area contributed by atoms with E-state index in [1.165, 1.54) is 0 Å². The molecular formula is C16H20O5. The lowest BCUT2D eigenvalue weighted by molar-refractivity contribution is -0.138. The van der Waals surface area contributed by atoms with Gasteiger partial charge in [0, 0.05) is 6.42 Å². The van der Waals surface area contributed by atoms with Gasteiger partial charge in [0.25, 0.3) is 0 Å². The summed E-state index contributed by atoms with van der Waals surface area (Å²) in [5, 5.41) is 8.63. The number of aliphatic carboxylic acids is 1. The summed E-state index contributed by atoms with van der Waals surface area (Å²) in [5.41, 5.74) is 1.12. The Labute approximate surface area is 124 Å². The van der Waals surface area contributed by atoms with Crippen LogP contribution in [0, 0.1) is 0 Å². The molecule has 1 atom stereocenters. The minimum atomic E-state index is -1.02. The van der Waals surface area contributed by atoms with Gasteiger partial charge in [0.2, 0.25) is 0 Å². The van der Waals surface area contributed by atoms with Crippen LogP contribution in [0.3, 0.4) is 0 Å². The molecule has 0 spiro atoms. The van der Waals surface area contributed by atoms with E-state index >= 15 is 0 Å². The molecule has 0 unspecified atom stereocenters. The Hall–Kier alpha value is -1.85. The molecule has 0 bridgehead atoms. The van der Waals surface area contributed by atoms with Gasteiger partial charge in [-0.1, -0.05) is 12.1 Å². The summed E-state index contributed by atoms with van der Waals surface area (Å²) in [6.45, 7) is 6.00. The summed E-state index contributed by atoms with van der Waals surface area (Å²) < 4.78 is 16.7. The van der Waals surface area contributed by atoms with Gasteiger partial charge in [0.1, 0.15) is 11.5 Å². The van der Waals surface area contributed by atoms with Crippen LogP contribution < -0.4 is 4.74 Å². The van der Waals surface area contributed by atoms with E-state index in [0.717, 1.165) is 18.1 Å². The van der Waals surface area contributed by atoms with E-state index in [4.69, 9.17) is 19.3 Å². The Morgan fingerprint density at radius 1 is 1.43 bits per heavy atom. The number of carbonyl (C=O) groups is 1. The molecule has 114 valence electrons. The van der Waals surface area contributed by atoms with Crippen LogP contribution in [0.2, 0.25) is 0 Å². The summed E-state index contributed by atoms with van der Waals surface area (Å²) in [5.74, 6) is -0.584. The predicted molar refractivity (Wildman–Crippen MR) is 77.1 cm³/mol. The van der Waals surface area contributed by atoms with Gasteiger partial charge in [-0.05, 0) is 38.5 Å². The van der Waals surface area contributed by atoms with Gasteiger partial charge < -0.3 is 19.3 Å². The van der Waals surface area contributed by atoms with Crippen LogP contribution in [0.15, 0.2) is 36.1 Å². The van der Waals surface area contributed by atoms with E-state index in [1.807, 2.05) is 38.1 Å². The summed E-state index contributed by atoms with van der Waals surface area (Å²) in [6, 6.07) is 7.51. The van der Waals surface area contributed by atoms with Crippen molar-refractivity contribution < 1.29 is 24.1 Å². The minimum absolute atomic E-state index is 0.0559. The minimum Gasteiger partial charge on any atom is -0.478 e. The molecule has 1 aromatic rings. The first-order valence-corrected chi connectivity index (χ1v) is 6.84. The Balaban J connectivity index is 1.92. The average molecular weight is 292 g/mol. The molecule has 0 saturated carbocycles. The number of hydrogen-bond acceptors (Lipinski definition) is 4. The van der Waals surface area contributed by atoms with Crippen molar-refractivity contribution in [3.63, 3.8) is 0 Å². The molecule has 1 saturated heterocycles. The second-order valence-corrected chi connectivity index (χ2v) is 5.49. The molecule has 1 N–H and O–H groups in total. The highest BCUT2D eigenvalue weighted by atomic mass is 16.7. The number of ether oxygens (including phenoxy) is 3. The maximum absolute atomic E-state index is 10.5. The Morgan fingerprint density at radius 3 is 2.62 bits per heavy atom.